The van der Waals surface area contributed by atoms with E-state index in [0.29, 0.717) is 18.8 Å². The molecular formula is C17H20N6OS. The molecule has 4 rings (SSSR count). The van der Waals surface area contributed by atoms with Gasteiger partial charge in [0.1, 0.15) is 28.5 Å². The first-order valence-corrected chi connectivity index (χ1v) is 9.13. The average Bonchev–Trinajstić information content (AvgIpc) is 3.14. The molecule has 0 atom stereocenters. The summed E-state index contributed by atoms with van der Waals surface area (Å²) in [6.07, 6.45) is 1.63. The van der Waals surface area contributed by atoms with Crippen LogP contribution in [0.4, 0.5) is 5.82 Å². The summed E-state index contributed by atoms with van der Waals surface area (Å²) in [5.74, 6) is 1.74. The van der Waals surface area contributed by atoms with Crippen LogP contribution in [0.15, 0.2) is 12.4 Å². The van der Waals surface area contributed by atoms with Crippen LogP contribution in [-0.2, 0) is 0 Å². The Kier molecular flexibility index (Phi) is 3.91. The molecule has 1 saturated heterocycles. The zero-order valence-electron chi connectivity index (χ0n) is 14.5. The second kappa shape index (κ2) is 6.11. The zero-order chi connectivity index (χ0) is 17.6. The van der Waals surface area contributed by atoms with Crippen molar-refractivity contribution >= 4 is 33.3 Å². The number of hydrogen-bond acceptors (Lipinski definition) is 6. The number of nitrogens with one attached hydrogen (secondary N) is 1. The molecule has 3 aromatic rings. The summed E-state index contributed by atoms with van der Waals surface area (Å²) in [4.78, 5) is 35.3. The van der Waals surface area contributed by atoms with Crippen molar-refractivity contribution in [3.8, 4) is 0 Å². The lowest BCUT2D eigenvalue weighted by Crippen LogP contribution is -2.49. The van der Waals surface area contributed by atoms with Crippen molar-refractivity contribution < 1.29 is 4.79 Å². The molecule has 1 aliphatic heterocycles. The summed E-state index contributed by atoms with van der Waals surface area (Å²) in [7, 11) is 0. The van der Waals surface area contributed by atoms with Crippen molar-refractivity contribution in [1.82, 2.24) is 24.8 Å². The maximum atomic E-state index is 12.7. The molecule has 1 fully saturated rings. The van der Waals surface area contributed by atoms with Crippen LogP contribution in [0.25, 0.3) is 10.2 Å². The maximum absolute atomic E-state index is 12.7. The van der Waals surface area contributed by atoms with Crippen LogP contribution in [0.5, 0.6) is 0 Å². The molecule has 3 aromatic heterocycles. The smallest absolute Gasteiger partial charge is 0.274 e. The Hall–Kier alpha value is -2.48. The van der Waals surface area contributed by atoms with Gasteiger partial charge in [-0.1, -0.05) is 0 Å². The predicted molar refractivity (Wildman–Crippen MR) is 98.3 cm³/mol. The number of anilines is 1. The molecule has 1 amide bonds. The van der Waals surface area contributed by atoms with E-state index in [-0.39, 0.29) is 5.91 Å². The van der Waals surface area contributed by atoms with Crippen LogP contribution in [-0.4, -0.2) is 56.9 Å². The van der Waals surface area contributed by atoms with Gasteiger partial charge in [0.25, 0.3) is 5.91 Å². The van der Waals surface area contributed by atoms with Crippen LogP contribution in [0, 0.1) is 20.8 Å². The molecule has 0 radical (unpaired) electrons. The number of aromatic nitrogens is 4. The molecule has 0 saturated carbocycles. The minimum atomic E-state index is 0.000659. The summed E-state index contributed by atoms with van der Waals surface area (Å²) in [6, 6.07) is 2.14. The highest BCUT2D eigenvalue weighted by Gasteiger charge is 2.26. The van der Waals surface area contributed by atoms with E-state index in [4.69, 9.17) is 0 Å². The highest BCUT2D eigenvalue weighted by molar-refractivity contribution is 7.18. The van der Waals surface area contributed by atoms with Gasteiger partial charge in [0.2, 0.25) is 0 Å². The van der Waals surface area contributed by atoms with E-state index in [1.54, 1.807) is 17.7 Å². The second-order valence-corrected chi connectivity index (χ2v) is 7.58. The Morgan fingerprint density at radius 2 is 1.92 bits per heavy atom. The summed E-state index contributed by atoms with van der Waals surface area (Å²) >= 11 is 1.68. The summed E-state index contributed by atoms with van der Waals surface area (Å²) in [6.45, 7) is 8.69. The maximum Gasteiger partial charge on any atom is 0.274 e. The van der Waals surface area contributed by atoms with Gasteiger partial charge >= 0.3 is 0 Å². The van der Waals surface area contributed by atoms with Crippen LogP contribution < -0.4 is 4.90 Å². The molecule has 1 N–H and O–H groups in total. The topological polar surface area (TPSA) is 78.0 Å². The van der Waals surface area contributed by atoms with Gasteiger partial charge < -0.3 is 14.8 Å². The fourth-order valence-electron chi connectivity index (χ4n) is 3.30. The molecular weight excluding hydrogens is 336 g/mol. The van der Waals surface area contributed by atoms with Crippen molar-refractivity contribution in [2.24, 2.45) is 0 Å². The van der Waals surface area contributed by atoms with Crippen molar-refractivity contribution in [3.05, 3.63) is 34.5 Å². The lowest BCUT2D eigenvalue weighted by atomic mass is 10.2. The van der Waals surface area contributed by atoms with Crippen LogP contribution in [0.1, 0.15) is 26.9 Å². The molecule has 7 nitrogen and oxygen atoms in total. The normalized spacial score (nSPS) is 15.2. The fourth-order valence-corrected chi connectivity index (χ4v) is 4.15. The summed E-state index contributed by atoms with van der Waals surface area (Å²) in [5, 5.41) is 1.10. The van der Waals surface area contributed by atoms with Crippen molar-refractivity contribution in [2.45, 2.75) is 20.8 Å². The Balaban J connectivity index is 1.51. The van der Waals surface area contributed by atoms with E-state index >= 15 is 0 Å². The number of piperazine rings is 1. The molecule has 0 aromatic carbocycles. The first kappa shape index (κ1) is 16.0. The van der Waals surface area contributed by atoms with Gasteiger partial charge in [-0.05, 0) is 26.8 Å². The fraction of sp³-hybridized carbons (Fsp3) is 0.412. The number of thiophene rings is 1. The number of aryl methyl sites for hydroxylation is 3. The molecule has 0 spiro atoms. The molecule has 1 aliphatic rings. The zero-order valence-corrected chi connectivity index (χ0v) is 15.4. The quantitative estimate of drug-likeness (QED) is 0.762. The lowest BCUT2D eigenvalue weighted by Gasteiger charge is -2.35. The predicted octanol–water partition coefficient (Wildman–Crippen LogP) is 2.30. The Morgan fingerprint density at radius 3 is 2.60 bits per heavy atom. The molecule has 4 heterocycles. The van der Waals surface area contributed by atoms with Gasteiger partial charge in [-0.2, -0.15) is 0 Å². The molecule has 25 heavy (non-hydrogen) atoms. The molecule has 0 aliphatic carbocycles. The van der Waals surface area contributed by atoms with E-state index in [9.17, 15) is 4.79 Å². The first-order valence-electron chi connectivity index (χ1n) is 8.31. The second-order valence-electron chi connectivity index (χ2n) is 6.35. The Bertz CT molecular complexity index is 938. The minimum Gasteiger partial charge on any atom is -0.352 e. The number of imidazole rings is 1. The molecule has 0 bridgehead atoms. The number of carbonyl (C=O) groups excluding carboxylic acids is 1. The van der Waals surface area contributed by atoms with Gasteiger partial charge in [-0.3, -0.25) is 4.79 Å². The Morgan fingerprint density at radius 1 is 1.16 bits per heavy atom. The SMILES string of the molecule is Cc1nc(C(=O)N2CCN(c3ncnc4sc(C)cc34)CC2)c(C)[nH]1. The van der Waals surface area contributed by atoms with Gasteiger partial charge in [-0.25, -0.2) is 15.0 Å². The molecule has 0 unspecified atom stereocenters. The molecule has 130 valence electrons. The number of aromatic amines is 1. The van der Waals surface area contributed by atoms with E-state index < -0.39 is 0 Å². The number of nitrogens with zero attached hydrogens (tertiary/aromatic N) is 5. The number of H-pyrrole nitrogens is 1. The van der Waals surface area contributed by atoms with Crippen LogP contribution in [0.2, 0.25) is 0 Å². The first-order chi connectivity index (χ1) is 12.0. The van der Waals surface area contributed by atoms with E-state index in [1.807, 2.05) is 18.7 Å². The third-order valence-electron chi connectivity index (χ3n) is 4.50. The lowest BCUT2D eigenvalue weighted by molar-refractivity contribution is 0.0740. The number of rotatable bonds is 2. The van der Waals surface area contributed by atoms with Crippen molar-refractivity contribution in [3.63, 3.8) is 0 Å². The monoisotopic (exact) mass is 356 g/mol. The third kappa shape index (κ3) is 2.86. The number of carbonyl (C=O) groups is 1. The summed E-state index contributed by atoms with van der Waals surface area (Å²) in [5.41, 5.74) is 1.36. The van der Waals surface area contributed by atoms with E-state index in [0.717, 1.165) is 40.6 Å². The average molecular weight is 356 g/mol. The highest BCUT2D eigenvalue weighted by atomic mass is 32.1. The Labute approximate surface area is 149 Å². The van der Waals surface area contributed by atoms with Crippen molar-refractivity contribution in [1.29, 1.82) is 0 Å². The largest absolute Gasteiger partial charge is 0.352 e. The van der Waals surface area contributed by atoms with Gasteiger partial charge in [0, 0.05) is 36.8 Å². The van der Waals surface area contributed by atoms with Gasteiger partial charge in [0.05, 0.1) is 5.39 Å². The molecule has 8 heteroatoms. The van der Waals surface area contributed by atoms with Crippen LogP contribution in [0.3, 0.4) is 0 Å². The van der Waals surface area contributed by atoms with Gasteiger partial charge in [-0.15, -0.1) is 11.3 Å². The van der Waals surface area contributed by atoms with Crippen molar-refractivity contribution in [2.75, 3.05) is 31.1 Å². The van der Waals surface area contributed by atoms with E-state index in [2.05, 4.69) is 37.8 Å². The number of hydrogen-bond donors (Lipinski definition) is 1. The number of fused-ring (bicyclic) bond motifs is 1. The third-order valence-corrected chi connectivity index (χ3v) is 5.46. The minimum absolute atomic E-state index is 0.000659. The standard InChI is InChI=1S/C17H20N6OS/c1-10-8-13-15(18-9-19-16(13)25-10)22-4-6-23(7-5-22)17(24)14-11(2)20-12(3)21-14/h8-9H,4-7H2,1-3H3,(H,20,21). The summed E-state index contributed by atoms with van der Waals surface area (Å²) < 4.78 is 0. The highest BCUT2D eigenvalue weighted by Crippen LogP contribution is 2.30. The van der Waals surface area contributed by atoms with Gasteiger partial charge in [0.15, 0.2) is 0 Å². The van der Waals surface area contributed by atoms with Crippen LogP contribution >= 0.6 is 11.3 Å². The number of amides is 1. The van der Waals surface area contributed by atoms with E-state index in [1.165, 1.54) is 4.88 Å².